The molecule has 1 aromatic carbocycles. The van der Waals surface area contributed by atoms with E-state index in [1.54, 1.807) is 7.11 Å². The summed E-state index contributed by atoms with van der Waals surface area (Å²) < 4.78 is 8.90. The summed E-state index contributed by atoms with van der Waals surface area (Å²) in [4.78, 5) is 1.53. The molecule has 0 bridgehead atoms. The number of hydrogen-bond acceptors (Lipinski definition) is 2. The van der Waals surface area contributed by atoms with Crippen LogP contribution in [0.5, 0.6) is 5.75 Å². The fourth-order valence-electron chi connectivity index (χ4n) is 4.66. The van der Waals surface area contributed by atoms with E-state index < -0.39 is 0 Å². The van der Waals surface area contributed by atoms with Gasteiger partial charge in [0.25, 0.3) is 0 Å². The standard InChI is InChI=1S/C21H23N2OS.HI/c1-23(12-3-4-13-23)20-18-6-5-11-22(18)19-17(14-25-21(19)20)15-7-9-16(24-2)10-8-15;/h5-11,14,20H,3-4,12-13H2,1-2H3;1H/q+1;/p-1. The molecule has 1 atom stereocenters. The van der Waals surface area contributed by atoms with Gasteiger partial charge in [0.05, 0.1) is 43.5 Å². The normalized spacial score (nSPS) is 19.7. The second kappa shape index (κ2) is 6.69. The molecular formula is C21H23IN2OS. The first-order valence-corrected chi connectivity index (χ1v) is 9.87. The molecule has 5 rings (SSSR count). The highest BCUT2D eigenvalue weighted by Crippen LogP contribution is 2.51. The molecule has 5 heteroatoms. The van der Waals surface area contributed by atoms with E-state index >= 15 is 0 Å². The van der Waals surface area contributed by atoms with Gasteiger partial charge in [-0.25, -0.2) is 0 Å². The molecule has 0 saturated carbocycles. The minimum Gasteiger partial charge on any atom is -1.00 e. The van der Waals surface area contributed by atoms with Crippen molar-refractivity contribution >= 4 is 11.3 Å². The number of fused-ring (bicyclic) bond motifs is 3. The first-order chi connectivity index (χ1) is 12.2. The van der Waals surface area contributed by atoms with Crippen molar-refractivity contribution in [3.05, 3.63) is 58.5 Å². The van der Waals surface area contributed by atoms with Crippen molar-refractivity contribution in [2.45, 2.75) is 18.9 Å². The molecule has 26 heavy (non-hydrogen) atoms. The first kappa shape index (κ1) is 18.1. The fraction of sp³-hybridized carbons (Fsp3) is 0.333. The second-order valence-corrected chi connectivity index (χ2v) is 8.34. The number of halogens is 1. The highest BCUT2D eigenvalue weighted by atomic mass is 127. The van der Waals surface area contributed by atoms with E-state index in [1.807, 2.05) is 11.3 Å². The van der Waals surface area contributed by atoms with Crippen LogP contribution in [0.1, 0.15) is 29.5 Å². The van der Waals surface area contributed by atoms with Crippen LogP contribution >= 0.6 is 11.3 Å². The Bertz CT molecular complexity index is 922. The van der Waals surface area contributed by atoms with E-state index in [-0.39, 0.29) is 24.0 Å². The summed E-state index contributed by atoms with van der Waals surface area (Å²) in [6.07, 6.45) is 4.93. The lowest BCUT2D eigenvalue weighted by atomic mass is 10.1. The van der Waals surface area contributed by atoms with Crippen LogP contribution in [0.4, 0.5) is 0 Å². The molecule has 2 aliphatic rings. The zero-order chi connectivity index (χ0) is 17.0. The van der Waals surface area contributed by atoms with Crippen molar-refractivity contribution in [2.24, 2.45) is 0 Å². The molecule has 0 spiro atoms. The second-order valence-electron chi connectivity index (χ2n) is 7.43. The quantitative estimate of drug-likeness (QED) is 0.414. The minimum absolute atomic E-state index is 0. The smallest absolute Gasteiger partial charge is 0.167 e. The first-order valence-electron chi connectivity index (χ1n) is 8.99. The van der Waals surface area contributed by atoms with Crippen LogP contribution in [-0.2, 0) is 0 Å². The van der Waals surface area contributed by atoms with Crippen molar-refractivity contribution in [3.8, 4) is 22.6 Å². The maximum absolute atomic E-state index is 5.32. The third-order valence-corrected chi connectivity index (χ3v) is 6.98. The largest absolute Gasteiger partial charge is 1.00 e. The molecule has 2 aliphatic heterocycles. The van der Waals surface area contributed by atoms with Gasteiger partial charge in [0.15, 0.2) is 6.04 Å². The Balaban J connectivity index is 0.00000168. The number of ether oxygens (including phenoxy) is 1. The summed E-state index contributed by atoms with van der Waals surface area (Å²) in [5.74, 6) is 0.908. The maximum atomic E-state index is 5.32. The Kier molecular flexibility index (Phi) is 4.65. The SMILES string of the molecule is COc1ccc(-c2csc3c2-n2cccc2C3[N+]2(C)CCCC2)cc1.[I-]. The lowest BCUT2D eigenvalue weighted by Gasteiger charge is -2.35. The zero-order valence-corrected chi connectivity index (χ0v) is 18.1. The Morgan fingerprint density at radius 3 is 2.54 bits per heavy atom. The number of aromatic nitrogens is 1. The van der Waals surface area contributed by atoms with Gasteiger partial charge >= 0.3 is 0 Å². The minimum atomic E-state index is 0. The number of likely N-dealkylation sites (tertiary alicyclic amines) is 1. The lowest BCUT2D eigenvalue weighted by Crippen LogP contribution is -3.00. The van der Waals surface area contributed by atoms with Crippen molar-refractivity contribution in [2.75, 3.05) is 27.2 Å². The predicted octanol–water partition coefficient (Wildman–Crippen LogP) is 1.86. The number of rotatable bonds is 3. The summed E-state index contributed by atoms with van der Waals surface area (Å²) in [6, 6.07) is 13.4. The molecule has 136 valence electrons. The summed E-state index contributed by atoms with van der Waals surface area (Å²) in [5, 5.41) is 2.34. The van der Waals surface area contributed by atoms with Crippen molar-refractivity contribution in [1.82, 2.24) is 4.57 Å². The molecular weight excluding hydrogens is 455 g/mol. The van der Waals surface area contributed by atoms with E-state index in [0.29, 0.717) is 6.04 Å². The predicted molar refractivity (Wildman–Crippen MR) is 103 cm³/mol. The van der Waals surface area contributed by atoms with Crippen LogP contribution in [0.25, 0.3) is 16.8 Å². The average molecular weight is 478 g/mol. The Labute approximate surface area is 175 Å². The molecule has 3 aromatic rings. The molecule has 0 radical (unpaired) electrons. The van der Waals surface area contributed by atoms with Gasteiger partial charge in [-0.2, -0.15) is 0 Å². The van der Waals surface area contributed by atoms with Gasteiger partial charge in [0.2, 0.25) is 0 Å². The molecule has 0 N–H and O–H groups in total. The van der Waals surface area contributed by atoms with Crippen LogP contribution in [0.2, 0.25) is 0 Å². The monoisotopic (exact) mass is 478 g/mol. The highest BCUT2D eigenvalue weighted by molar-refractivity contribution is 7.11. The summed E-state index contributed by atoms with van der Waals surface area (Å²) >= 11 is 1.93. The summed E-state index contributed by atoms with van der Waals surface area (Å²) in [5.41, 5.74) is 5.46. The Hall–Kier alpha value is -1.31. The summed E-state index contributed by atoms with van der Waals surface area (Å²) in [6.45, 7) is 2.57. The lowest BCUT2D eigenvalue weighted by molar-refractivity contribution is -0.921. The molecule has 1 fully saturated rings. The number of hydrogen-bond donors (Lipinski definition) is 0. The van der Waals surface area contributed by atoms with E-state index in [0.717, 1.165) is 10.2 Å². The van der Waals surface area contributed by atoms with E-state index in [1.165, 1.54) is 53.3 Å². The van der Waals surface area contributed by atoms with Gasteiger partial charge in [0.1, 0.15) is 5.75 Å². The molecule has 2 aromatic heterocycles. The van der Waals surface area contributed by atoms with Crippen molar-refractivity contribution in [1.29, 1.82) is 0 Å². The molecule has 4 heterocycles. The van der Waals surface area contributed by atoms with Gasteiger partial charge < -0.3 is 37.8 Å². The van der Waals surface area contributed by atoms with Crippen molar-refractivity contribution < 1.29 is 33.2 Å². The molecule has 3 nitrogen and oxygen atoms in total. The molecule has 0 amide bonds. The Morgan fingerprint density at radius 1 is 1.12 bits per heavy atom. The number of thiophene rings is 1. The summed E-state index contributed by atoms with van der Waals surface area (Å²) in [7, 11) is 4.16. The number of nitrogens with zero attached hydrogens (tertiary/aromatic N) is 2. The number of quaternary nitrogens is 1. The third-order valence-electron chi connectivity index (χ3n) is 5.95. The third kappa shape index (κ3) is 2.55. The average Bonchev–Trinajstić information content (AvgIpc) is 3.37. The van der Waals surface area contributed by atoms with Crippen LogP contribution in [0.15, 0.2) is 48.0 Å². The Morgan fingerprint density at radius 2 is 1.85 bits per heavy atom. The van der Waals surface area contributed by atoms with Crippen LogP contribution in [0.3, 0.4) is 0 Å². The molecule has 0 aliphatic carbocycles. The van der Waals surface area contributed by atoms with Gasteiger partial charge in [0, 0.05) is 30.0 Å². The van der Waals surface area contributed by atoms with E-state index in [4.69, 9.17) is 4.74 Å². The van der Waals surface area contributed by atoms with E-state index in [2.05, 4.69) is 59.6 Å². The number of methoxy groups -OCH3 is 1. The molecule has 1 saturated heterocycles. The fourth-order valence-corrected chi connectivity index (χ4v) is 5.97. The van der Waals surface area contributed by atoms with Crippen LogP contribution < -0.4 is 28.7 Å². The van der Waals surface area contributed by atoms with Gasteiger partial charge in [-0.15, -0.1) is 11.3 Å². The van der Waals surface area contributed by atoms with E-state index in [9.17, 15) is 0 Å². The van der Waals surface area contributed by atoms with Gasteiger partial charge in [-0.1, -0.05) is 12.1 Å². The zero-order valence-electron chi connectivity index (χ0n) is 15.1. The maximum Gasteiger partial charge on any atom is 0.167 e. The van der Waals surface area contributed by atoms with Crippen LogP contribution in [0, 0.1) is 0 Å². The van der Waals surface area contributed by atoms with Gasteiger partial charge in [-0.3, -0.25) is 0 Å². The van der Waals surface area contributed by atoms with Crippen molar-refractivity contribution in [3.63, 3.8) is 0 Å². The molecule has 1 unspecified atom stereocenters. The number of benzene rings is 1. The highest BCUT2D eigenvalue weighted by Gasteiger charge is 2.46. The topological polar surface area (TPSA) is 14.2 Å². The van der Waals surface area contributed by atoms with Gasteiger partial charge in [-0.05, 0) is 29.8 Å². The van der Waals surface area contributed by atoms with Crippen LogP contribution in [-0.4, -0.2) is 36.3 Å².